The number of thiazole rings is 1. The van der Waals surface area contributed by atoms with Crippen LogP contribution in [0, 0.1) is 0 Å². The van der Waals surface area contributed by atoms with Crippen LogP contribution in [-0.4, -0.2) is 15.9 Å². The molecule has 98 valence electrons. The van der Waals surface area contributed by atoms with Crippen molar-refractivity contribution in [1.82, 2.24) is 9.97 Å². The second-order valence-corrected chi connectivity index (χ2v) is 5.05. The van der Waals surface area contributed by atoms with E-state index >= 15 is 0 Å². The first-order valence-corrected chi connectivity index (χ1v) is 6.89. The molecule has 1 amide bonds. The molecule has 2 N–H and O–H groups in total. The lowest BCUT2D eigenvalue weighted by atomic mass is 10.1. The summed E-state index contributed by atoms with van der Waals surface area (Å²) in [6.45, 7) is 0. The number of carbonyl (C=O) groups is 1. The number of rotatable bonds is 3. The van der Waals surface area contributed by atoms with E-state index in [1.54, 1.807) is 24.5 Å². The lowest BCUT2D eigenvalue weighted by molar-refractivity contribution is 0.100. The van der Waals surface area contributed by atoms with Gasteiger partial charge in [0, 0.05) is 34.5 Å². The van der Waals surface area contributed by atoms with Gasteiger partial charge in [-0.3, -0.25) is 9.78 Å². The van der Waals surface area contributed by atoms with Crippen LogP contribution < -0.4 is 5.73 Å². The number of nitrogens with two attached hydrogens (primary N) is 1. The van der Waals surface area contributed by atoms with Gasteiger partial charge in [0.15, 0.2) is 0 Å². The maximum absolute atomic E-state index is 11.5. The molecule has 0 aliphatic rings. The normalized spacial score (nSPS) is 10.4. The Hall–Kier alpha value is -2.53. The summed E-state index contributed by atoms with van der Waals surface area (Å²) in [6, 6.07) is 11.0. The molecule has 0 atom stereocenters. The molecule has 3 rings (SSSR count). The van der Waals surface area contributed by atoms with Crippen LogP contribution in [-0.2, 0) is 0 Å². The Bertz CT molecular complexity index is 753. The molecule has 2 heterocycles. The van der Waals surface area contributed by atoms with Gasteiger partial charge in [0.05, 0.1) is 5.69 Å². The maximum Gasteiger partial charge on any atom is 0.249 e. The Labute approximate surface area is 119 Å². The van der Waals surface area contributed by atoms with Gasteiger partial charge in [0.25, 0.3) is 0 Å². The number of primary amides is 1. The second-order valence-electron chi connectivity index (χ2n) is 4.19. The fourth-order valence-electron chi connectivity index (χ4n) is 1.93. The smallest absolute Gasteiger partial charge is 0.249 e. The Balaban J connectivity index is 2.05. The molecule has 3 aromatic rings. The molecular formula is C15H11N3OS. The van der Waals surface area contributed by atoms with Crippen LogP contribution in [0.2, 0.25) is 0 Å². The molecule has 0 aliphatic heterocycles. The zero-order chi connectivity index (χ0) is 13.9. The second kappa shape index (κ2) is 5.22. The third-order valence-electron chi connectivity index (χ3n) is 2.88. The van der Waals surface area contributed by atoms with Gasteiger partial charge in [-0.1, -0.05) is 18.2 Å². The summed E-state index contributed by atoms with van der Waals surface area (Å²) in [4.78, 5) is 20.1. The summed E-state index contributed by atoms with van der Waals surface area (Å²) in [7, 11) is 0. The number of nitrogens with zero attached hydrogens (tertiary/aromatic N) is 2. The van der Waals surface area contributed by atoms with Crippen LogP contribution in [0.5, 0.6) is 0 Å². The highest BCUT2D eigenvalue weighted by atomic mass is 32.1. The molecule has 0 fully saturated rings. The summed E-state index contributed by atoms with van der Waals surface area (Å²) in [5.41, 5.74) is 8.44. The summed E-state index contributed by atoms with van der Waals surface area (Å²) in [6.07, 6.45) is 3.48. The van der Waals surface area contributed by atoms with Crippen molar-refractivity contribution in [3.63, 3.8) is 0 Å². The summed E-state index contributed by atoms with van der Waals surface area (Å²) in [5.74, 6) is -0.446. The molecule has 0 saturated heterocycles. The van der Waals surface area contributed by atoms with E-state index in [1.165, 1.54) is 11.3 Å². The summed E-state index contributed by atoms with van der Waals surface area (Å²) >= 11 is 1.48. The average molecular weight is 281 g/mol. The topological polar surface area (TPSA) is 68.9 Å². The van der Waals surface area contributed by atoms with Crippen LogP contribution in [0.1, 0.15) is 10.4 Å². The van der Waals surface area contributed by atoms with Gasteiger partial charge in [-0.05, 0) is 18.2 Å². The van der Waals surface area contributed by atoms with E-state index in [4.69, 9.17) is 5.73 Å². The number of aromatic nitrogens is 2. The Morgan fingerprint density at radius 1 is 1.15 bits per heavy atom. The third-order valence-corrected chi connectivity index (χ3v) is 3.76. The first kappa shape index (κ1) is 12.5. The van der Waals surface area contributed by atoms with E-state index in [2.05, 4.69) is 9.97 Å². The fourth-order valence-corrected chi connectivity index (χ4v) is 2.80. The van der Waals surface area contributed by atoms with Gasteiger partial charge in [-0.2, -0.15) is 0 Å². The molecule has 0 aliphatic carbocycles. The third kappa shape index (κ3) is 2.31. The molecule has 5 heteroatoms. The van der Waals surface area contributed by atoms with Gasteiger partial charge in [-0.25, -0.2) is 4.98 Å². The van der Waals surface area contributed by atoms with Crippen molar-refractivity contribution in [2.75, 3.05) is 0 Å². The van der Waals surface area contributed by atoms with Crippen LogP contribution >= 0.6 is 11.3 Å². The van der Waals surface area contributed by atoms with Crippen molar-refractivity contribution in [2.45, 2.75) is 0 Å². The predicted molar refractivity (Wildman–Crippen MR) is 79.3 cm³/mol. The lowest BCUT2D eigenvalue weighted by Gasteiger charge is -2.02. The highest BCUT2D eigenvalue weighted by Crippen LogP contribution is 2.30. The fraction of sp³-hybridized carbons (Fsp3) is 0. The molecule has 0 saturated carbocycles. The molecule has 0 unspecified atom stereocenters. The molecule has 0 bridgehead atoms. The van der Waals surface area contributed by atoms with Crippen LogP contribution in [0.15, 0.2) is 54.2 Å². The monoisotopic (exact) mass is 281 g/mol. The minimum atomic E-state index is -0.446. The largest absolute Gasteiger partial charge is 0.366 e. The van der Waals surface area contributed by atoms with Crippen LogP contribution in [0.25, 0.3) is 21.8 Å². The van der Waals surface area contributed by atoms with Gasteiger partial charge < -0.3 is 5.73 Å². The quantitative estimate of drug-likeness (QED) is 0.802. The average Bonchev–Trinajstić information content (AvgIpc) is 2.98. The van der Waals surface area contributed by atoms with Crippen molar-refractivity contribution in [2.24, 2.45) is 5.73 Å². The minimum absolute atomic E-state index is 0.446. The van der Waals surface area contributed by atoms with Gasteiger partial charge in [-0.15, -0.1) is 11.3 Å². The molecular weight excluding hydrogens is 270 g/mol. The van der Waals surface area contributed by atoms with Crippen LogP contribution in [0.4, 0.5) is 0 Å². The summed E-state index contributed by atoms with van der Waals surface area (Å²) in [5, 5.41) is 2.72. The number of benzene rings is 1. The Kier molecular flexibility index (Phi) is 3.26. The van der Waals surface area contributed by atoms with Crippen molar-refractivity contribution < 1.29 is 4.79 Å². The van der Waals surface area contributed by atoms with E-state index in [0.29, 0.717) is 5.56 Å². The first-order valence-electron chi connectivity index (χ1n) is 6.01. The molecule has 4 nitrogen and oxygen atoms in total. The predicted octanol–water partition coefficient (Wildman–Crippen LogP) is 2.97. The van der Waals surface area contributed by atoms with E-state index in [0.717, 1.165) is 21.8 Å². The molecule has 0 spiro atoms. The number of pyridine rings is 1. The van der Waals surface area contributed by atoms with Crippen molar-refractivity contribution in [3.05, 3.63) is 59.7 Å². The summed E-state index contributed by atoms with van der Waals surface area (Å²) < 4.78 is 0. The molecule has 0 radical (unpaired) electrons. The van der Waals surface area contributed by atoms with E-state index in [9.17, 15) is 4.79 Å². The number of hydrogen-bond acceptors (Lipinski definition) is 4. The van der Waals surface area contributed by atoms with Crippen molar-refractivity contribution >= 4 is 17.2 Å². The van der Waals surface area contributed by atoms with Gasteiger partial charge in [0.1, 0.15) is 5.01 Å². The highest BCUT2D eigenvalue weighted by Gasteiger charge is 2.13. The zero-order valence-electron chi connectivity index (χ0n) is 10.5. The number of hydrogen-bond donors (Lipinski definition) is 1. The van der Waals surface area contributed by atoms with E-state index in [1.807, 2.05) is 29.6 Å². The van der Waals surface area contributed by atoms with Gasteiger partial charge in [0.2, 0.25) is 5.91 Å². The minimum Gasteiger partial charge on any atom is -0.366 e. The van der Waals surface area contributed by atoms with Crippen molar-refractivity contribution in [3.8, 4) is 21.8 Å². The number of carbonyl (C=O) groups excluding carboxylic acids is 1. The Morgan fingerprint density at radius 3 is 2.75 bits per heavy atom. The van der Waals surface area contributed by atoms with Crippen molar-refractivity contribution in [1.29, 1.82) is 0 Å². The standard InChI is InChI=1S/C15H11N3OS/c16-14(19)11-5-1-2-6-12(11)15-18-13(9-20-15)10-4-3-7-17-8-10/h1-9H,(H2,16,19). The van der Waals surface area contributed by atoms with E-state index in [-0.39, 0.29) is 0 Å². The highest BCUT2D eigenvalue weighted by molar-refractivity contribution is 7.13. The van der Waals surface area contributed by atoms with Crippen LogP contribution in [0.3, 0.4) is 0 Å². The first-order chi connectivity index (χ1) is 9.75. The van der Waals surface area contributed by atoms with Gasteiger partial charge >= 0.3 is 0 Å². The molecule has 2 aromatic heterocycles. The SMILES string of the molecule is NC(=O)c1ccccc1-c1nc(-c2cccnc2)cs1. The Morgan fingerprint density at radius 2 is 2.00 bits per heavy atom. The maximum atomic E-state index is 11.5. The van der Waals surface area contributed by atoms with E-state index < -0.39 is 5.91 Å². The number of amides is 1. The lowest BCUT2D eigenvalue weighted by Crippen LogP contribution is -2.12. The zero-order valence-corrected chi connectivity index (χ0v) is 11.3. The molecule has 1 aromatic carbocycles. The molecule has 20 heavy (non-hydrogen) atoms.